The normalized spacial score (nSPS) is 15.8. The average Bonchev–Trinajstić information content (AvgIpc) is 2.34. The van der Waals surface area contributed by atoms with Gasteiger partial charge in [0.1, 0.15) is 18.5 Å². The molecule has 0 heterocycles. The largest absolute Gasteiger partial charge is 0.491 e. The van der Waals surface area contributed by atoms with Crippen molar-refractivity contribution in [3.63, 3.8) is 0 Å². The Morgan fingerprint density at radius 2 is 1.89 bits per heavy atom. The first-order valence-electron chi connectivity index (χ1n) is 6.77. The van der Waals surface area contributed by atoms with Crippen LogP contribution in [0.1, 0.15) is 25.8 Å². The Labute approximate surface area is 115 Å². The van der Waals surface area contributed by atoms with Gasteiger partial charge in [-0.25, -0.2) is 0 Å². The molecule has 0 aliphatic rings. The van der Waals surface area contributed by atoms with Crippen LogP contribution in [0.25, 0.3) is 0 Å². The first kappa shape index (κ1) is 16.0. The van der Waals surface area contributed by atoms with Crippen LogP contribution in [0, 0.1) is 6.92 Å². The van der Waals surface area contributed by atoms with E-state index in [0.717, 1.165) is 11.3 Å². The molecule has 4 heteroatoms. The van der Waals surface area contributed by atoms with Gasteiger partial charge in [-0.15, -0.1) is 0 Å². The molecule has 0 aliphatic heterocycles. The van der Waals surface area contributed by atoms with Crippen LogP contribution >= 0.6 is 0 Å². The summed E-state index contributed by atoms with van der Waals surface area (Å²) in [5, 5.41) is 22.3. The van der Waals surface area contributed by atoms with Crippen molar-refractivity contribution in [1.29, 1.82) is 0 Å². The Balaban J connectivity index is 2.25. The van der Waals surface area contributed by atoms with E-state index in [1.165, 1.54) is 0 Å². The zero-order valence-corrected chi connectivity index (χ0v) is 12.0. The number of aliphatic hydroxyl groups excluding tert-OH is 2. The highest BCUT2D eigenvalue weighted by Gasteiger charge is 2.10. The highest BCUT2D eigenvalue weighted by atomic mass is 16.5. The SMILES string of the molecule is Cc1ccccc1OCC(O)CNC(C)CC(C)O. The maximum atomic E-state index is 9.83. The van der Waals surface area contributed by atoms with Crippen molar-refractivity contribution in [2.75, 3.05) is 13.2 Å². The van der Waals surface area contributed by atoms with Gasteiger partial charge >= 0.3 is 0 Å². The van der Waals surface area contributed by atoms with E-state index in [1.807, 2.05) is 38.1 Å². The van der Waals surface area contributed by atoms with Crippen LogP contribution in [0.5, 0.6) is 5.75 Å². The molecule has 3 atom stereocenters. The van der Waals surface area contributed by atoms with Crippen LogP contribution in [-0.2, 0) is 0 Å². The van der Waals surface area contributed by atoms with Crippen molar-refractivity contribution in [3.05, 3.63) is 29.8 Å². The third-order valence-electron chi connectivity index (χ3n) is 2.92. The lowest BCUT2D eigenvalue weighted by molar-refractivity contribution is 0.0997. The third-order valence-corrected chi connectivity index (χ3v) is 2.92. The molecule has 0 saturated heterocycles. The van der Waals surface area contributed by atoms with Crippen molar-refractivity contribution in [3.8, 4) is 5.75 Å². The fourth-order valence-corrected chi connectivity index (χ4v) is 1.90. The average molecular weight is 267 g/mol. The minimum Gasteiger partial charge on any atom is -0.491 e. The summed E-state index contributed by atoms with van der Waals surface area (Å²) in [4.78, 5) is 0. The molecule has 0 aliphatic carbocycles. The Bertz CT molecular complexity index is 368. The van der Waals surface area contributed by atoms with Gasteiger partial charge in [0.05, 0.1) is 6.10 Å². The zero-order chi connectivity index (χ0) is 14.3. The molecule has 0 bridgehead atoms. The summed E-state index contributed by atoms with van der Waals surface area (Å²) >= 11 is 0. The van der Waals surface area contributed by atoms with Crippen molar-refractivity contribution in [2.45, 2.75) is 45.4 Å². The summed E-state index contributed by atoms with van der Waals surface area (Å²) in [5.41, 5.74) is 1.06. The van der Waals surface area contributed by atoms with E-state index in [9.17, 15) is 10.2 Å². The number of ether oxygens (including phenoxy) is 1. The van der Waals surface area contributed by atoms with Crippen LogP contribution < -0.4 is 10.1 Å². The number of aliphatic hydroxyl groups is 2. The van der Waals surface area contributed by atoms with Crippen LogP contribution in [-0.4, -0.2) is 41.6 Å². The van der Waals surface area contributed by atoms with Gasteiger partial charge in [-0.1, -0.05) is 18.2 Å². The predicted molar refractivity (Wildman–Crippen MR) is 76.4 cm³/mol. The standard InChI is InChI=1S/C15H25NO3/c1-11-6-4-5-7-15(11)19-10-14(18)9-16-12(2)8-13(3)17/h4-7,12-14,16-18H,8-10H2,1-3H3. The number of hydrogen-bond donors (Lipinski definition) is 3. The van der Waals surface area contributed by atoms with E-state index in [4.69, 9.17) is 4.74 Å². The number of para-hydroxylation sites is 1. The van der Waals surface area contributed by atoms with Crippen LogP contribution in [0.4, 0.5) is 0 Å². The monoisotopic (exact) mass is 267 g/mol. The van der Waals surface area contributed by atoms with Gasteiger partial charge in [-0.3, -0.25) is 0 Å². The molecule has 4 nitrogen and oxygen atoms in total. The van der Waals surface area contributed by atoms with Crippen LogP contribution in [0.2, 0.25) is 0 Å². The quantitative estimate of drug-likeness (QED) is 0.668. The Hall–Kier alpha value is -1.10. The molecule has 3 unspecified atom stereocenters. The van der Waals surface area contributed by atoms with Gasteiger partial charge in [0.15, 0.2) is 0 Å². The van der Waals surface area contributed by atoms with Gasteiger partial charge in [-0.2, -0.15) is 0 Å². The molecule has 1 aromatic carbocycles. The molecule has 1 rings (SSSR count). The maximum Gasteiger partial charge on any atom is 0.122 e. The van der Waals surface area contributed by atoms with E-state index < -0.39 is 6.10 Å². The topological polar surface area (TPSA) is 61.7 Å². The molecule has 0 aromatic heterocycles. The van der Waals surface area contributed by atoms with E-state index in [-0.39, 0.29) is 18.8 Å². The van der Waals surface area contributed by atoms with Crippen molar-refractivity contribution < 1.29 is 14.9 Å². The number of rotatable bonds is 8. The highest BCUT2D eigenvalue weighted by molar-refractivity contribution is 5.31. The predicted octanol–water partition coefficient (Wildman–Crippen LogP) is 1.48. The molecule has 3 N–H and O–H groups in total. The number of nitrogens with one attached hydrogen (secondary N) is 1. The van der Waals surface area contributed by atoms with E-state index in [2.05, 4.69) is 5.32 Å². The molecule has 108 valence electrons. The zero-order valence-electron chi connectivity index (χ0n) is 12.0. The van der Waals surface area contributed by atoms with Gasteiger partial charge in [0, 0.05) is 12.6 Å². The molecular formula is C15H25NO3. The Morgan fingerprint density at radius 3 is 2.53 bits per heavy atom. The second-order valence-electron chi connectivity index (χ2n) is 5.12. The third kappa shape index (κ3) is 6.57. The lowest BCUT2D eigenvalue weighted by Crippen LogP contribution is -2.37. The summed E-state index contributed by atoms with van der Waals surface area (Å²) < 4.78 is 5.57. The molecule has 0 radical (unpaired) electrons. The minimum absolute atomic E-state index is 0.174. The van der Waals surface area contributed by atoms with E-state index in [1.54, 1.807) is 6.92 Å². The van der Waals surface area contributed by atoms with Crippen molar-refractivity contribution >= 4 is 0 Å². The first-order chi connectivity index (χ1) is 8.99. The lowest BCUT2D eigenvalue weighted by Gasteiger charge is -2.19. The highest BCUT2D eigenvalue weighted by Crippen LogP contribution is 2.16. The number of benzene rings is 1. The molecule has 0 fully saturated rings. The van der Waals surface area contributed by atoms with Gasteiger partial charge in [0.25, 0.3) is 0 Å². The summed E-state index contributed by atoms with van der Waals surface area (Å²) in [5.74, 6) is 0.804. The minimum atomic E-state index is -0.559. The molecule has 19 heavy (non-hydrogen) atoms. The first-order valence-corrected chi connectivity index (χ1v) is 6.77. The summed E-state index contributed by atoms with van der Waals surface area (Å²) in [6, 6.07) is 7.92. The fourth-order valence-electron chi connectivity index (χ4n) is 1.90. The van der Waals surface area contributed by atoms with Crippen molar-refractivity contribution in [2.24, 2.45) is 0 Å². The maximum absolute atomic E-state index is 9.83. The molecule has 0 spiro atoms. The summed E-state index contributed by atoms with van der Waals surface area (Å²) in [7, 11) is 0. The number of aryl methyl sites for hydroxylation is 1. The smallest absolute Gasteiger partial charge is 0.122 e. The molecule has 1 aromatic rings. The van der Waals surface area contributed by atoms with Gasteiger partial charge in [-0.05, 0) is 38.8 Å². The van der Waals surface area contributed by atoms with Gasteiger partial charge < -0.3 is 20.3 Å². The lowest BCUT2D eigenvalue weighted by atomic mass is 10.1. The van der Waals surface area contributed by atoms with Crippen LogP contribution in [0.3, 0.4) is 0 Å². The molecule has 0 saturated carbocycles. The molecule has 0 amide bonds. The second-order valence-corrected chi connectivity index (χ2v) is 5.12. The second kappa shape index (κ2) is 8.15. The summed E-state index contributed by atoms with van der Waals surface area (Å²) in [6.07, 6.45) is -0.218. The fraction of sp³-hybridized carbons (Fsp3) is 0.600. The summed E-state index contributed by atoms with van der Waals surface area (Å²) in [6.45, 7) is 6.45. The number of hydrogen-bond acceptors (Lipinski definition) is 4. The Morgan fingerprint density at radius 1 is 1.21 bits per heavy atom. The van der Waals surface area contributed by atoms with E-state index in [0.29, 0.717) is 13.0 Å². The Kier molecular flexibility index (Phi) is 6.84. The molecular weight excluding hydrogens is 242 g/mol. The van der Waals surface area contributed by atoms with Crippen molar-refractivity contribution in [1.82, 2.24) is 5.32 Å². The van der Waals surface area contributed by atoms with Gasteiger partial charge in [0.2, 0.25) is 0 Å². The van der Waals surface area contributed by atoms with E-state index >= 15 is 0 Å². The van der Waals surface area contributed by atoms with Crippen LogP contribution in [0.15, 0.2) is 24.3 Å².